The third-order valence-electron chi connectivity index (χ3n) is 5.67. The summed E-state index contributed by atoms with van der Waals surface area (Å²) in [6.45, 7) is 2.76. The first-order valence-corrected chi connectivity index (χ1v) is 11.4. The van der Waals surface area contributed by atoms with Gasteiger partial charge in [-0.25, -0.2) is 0 Å². The third kappa shape index (κ3) is 4.79. The summed E-state index contributed by atoms with van der Waals surface area (Å²) in [4.78, 5) is 2.46. The minimum absolute atomic E-state index is 0.0539. The quantitative estimate of drug-likeness (QED) is 0.417. The molecule has 1 aliphatic rings. The highest BCUT2D eigenvalue weighted by Gasteiger charge is 2.39. The lowest BCUT2D eigenvalue weighted by atomic mass is 9.77. The number of ether oxygens (including phenoxy) is 3. The van der Waals surface area contributed by atoms with Crippen LogP contribution in [0.4, 0.5) is 0 Å². The van der Waals surface area contributed by atoms with Gasteiger partial charge in [0.25, 0.3) is 0 Å². The molecule has 1 aliphatic heterocycles. The van der Waals surface area contributed by atoms with E-state index >= 15 is 0 Å². The van der Waals surface area contributed by atoms with E-state index < -0.39 is 0 Å². The molecule has 0 radical (unpaired) electrons. The first kappa shape index (κ1) is 22.5. The molecule has 2 aromatic rings. The van der Waals surface area contributed by atoms with Gasteiger partial charge in [-0.3, -0.25) is 4.90 Å². The number of rotatable bonds is 8. The number of nitrogens with zero attached hydrogens (tertiary/aromatic N) is 1. The Bertz CT molecular complexity index is 839. The summed E-state index contributed by atoms with van der Waals surface area (Å²) in [5.74, 6) is 1.97. The maximum atomic E-state index is 6.32. The van der Waals surface area contributed by atoms with Crippen LogP contribution in [0, 0.1) is 0 Å². The van der Waals surface area contributed by atoms with Crippen LogP contribution in [0.5, 0.6) is 17.2 Å². The summed E-state index contributed by atoms with van der Waals surface area (Å²) in [5.41, 5.74) is 2.43. The second kappa shape index (κ2) is 9.78. The van der Waals surface area contributed by atoms with Crippen molar-refractivity contribution in [3.63, 3.8) is 0 Å². The van der Waals surface area contributed by atoms with E-state index in [0.29, 0.717) is 27.3 Å². The average Bonchev–Trinajstić information content (AvgIpc) is 3.13. The van der Waals surface area contributed by atoms with Gasteiger partial charge in [-0.05, 0) is 54.8 Å². The molecule has 3 rings (SSSR count). The van der Waals surface area contributed by atoms with Gasteiger partial charge in [0.1, 0.15) is 0 Å². The van der Waals surface area contributed by atoms with Gasteiger partial charge in [-0.15, -0.1) is 0 Å². The predicted molar refractivity (Wildman–Crippen MR) is 123 cm³/mol. The Labute approximate surface area is 191 Å². The molecule has 1 atom stereocenters. The molecule has 0 amide bonds. The van der Waals surface area contributed by atoms with Crippen LogP contribution in [0.1, 0.15) is 24.0 Å². The summed E-state index contributed by atoms with van der Waals surface area (Å²) < 4.78 is 16.4. The molecule has 1 heterocycles. The number of likely N-dealkylation sites (tertiary alicyclic amines) is 1. The van der Waals surface area contributed by atoms with Gasteiger partial charge in [0.2, 0.25) is 5.75 Å². The molecule has 0 aliphatic carbocycles. The number of halogens is 3. The highest BCUT2D eigenvalue weighted by Crippen LogP contribution is 2.42. The fourth-order valence-corrected chi connectivity index (χ4v) is 5.23. The second-order valence-corrected chi connectivity index (χ2v) is 8.95. The molecule has 0 spiro atoms. The van der Waals surface area contributed by atoms with E-state index in [0.717, 1.165) is 43.4 Å². The Morgan fingerprint density at radius 3 is 2.24 bits per heavy atom. The first-order chi connectivity index (χ1) is 14.0. The molecule has 0 bridgehead atoms. The Morgan fingerprint density at radius 2 is 1.69 bits per heavy atom. The fourth-order valence-electron chi connectivity index (χ4n) is 4.17. The van der Waals surface area contributed by atoms with Crippen molar-refractivity contribution in [2.24, 2.45) is 0 Å². The Balaban J connectivity index is 1.84. The zero-order chi connectivity index (χ0) is 21.0. The Morgan fingerprint density at radius 1 is 1.00 bits per heavy atom. The van der Waals surface area contributed by atoms with Gasteiger partial charge >= 0.3 is 0 Å². The molecule has 1 unspecified atom stereocenters. The molecular weight excluding hydrogens is 477 g/mol. The lowest BCUT2D eigenvalue weighted by Gasteiger charge is -2.30. The van der Waals surface area contributed by atoms with Crippen molar-refractivity contribution >= 4 is 39.1 Å². The number of methoxy groups -OCH3 is 3. The first-order valence-electron chi connectivity index (χ1n) is 9.49. The molecule has 0 aromatic heterocycles. The molecule has 1 saturated heterocycles. The van der Waals surface area contributed by atoms with Crippen molar-refractivity contribution in [2.45, 2.75) is 24.8 Å². The van der Waals surface area contributed by atoms with E-state index in [2.05, 4.69) is 26.9 Å². The summed E-state index contributed by atoms with van der Waals surface area (Å²) in [6, 6.07) is 10.1. The van der Waals surface area contributed by atoms with Crippen LogP contribution in [-0.4, -0.2) is 44.6 Å². The van der Waals surface area contributed by atoms with E-state index in [9.17, 15) is 0 Å². The predicted octanol–water partition coefficient (Wildman–Crippen LogP) is 5.95. The largest absolute Gasteiger partial charge is 0.493 e. The zero-order valence-corrected chi connectivity index (χ0v) is 20.0. The third-order valence-corrected chi connectivity index (χ3v) is 6.80. The fraction of sp³-hybridized carbons (Fsp3) is 0.455. The Hall–Kier alpha value is -1.14. The van der Waals surface area contributed by atoms with Crippen LogP contribution in [0.3, 0.4) is 0 Å². The summed E-state index contributed by atoms with van der Waals surface area (Å²) >= 11 is 16.1. The smallest absolute Gasteiger partial charge is 0.203 e. The maximum absolute atomic E-state index is 6.32. The van der Waals surface area contributed by atoms with Gasteiger partial charge in [0, 0.05) is 23.8 Å². The minimum atomic E-state index is 0.0539. The van der Waals surface area contributed by atoms with Crippen molar-refractivity contribution < 1.29 is 14.2 Å². The van der Waals surface area contributed by atoms with Gasteiger partial charge in [-0.2, -0.15) is 0 Å². The van der Waals surface area contributed by atoms with Crippen molar-refractivity contribution in [2.75, 3.05) is 39.7 Å². The standard InChI is InChI=1S/C22H26BrCl2NO3/c1-27-19-10-15(11-20(28-2)21(19)29-3)13-26-9-7-22(14-26,6-8-23)16-4-5-17(24)18(25)12-16/h4-5,10-12H,6-9,13-14H2,1-3H3. The second-order valence-electron chi connectivity index (χ2n) is 7.34. The summed E-state index contributed by atoms with van der Waals surface area (Å²) in [7, 11) is 4.90. The van der Waals surface area contributed by atoms with Crippen molar-refractivity contribution in [3.8, 4) is 17.2 Å². The van der Waals surface area contributed by atoms with E-state index in [1.165, 1.54) is 5.56 Å². The molecule has 0 saturated carbocycles. The monoisotopic (exact) mass is 501 g/mol. The Kier molecular flexibility index (Phi) is 7.60. The summed E-state index contributed by atoms with van der Waals surface area (Å²) in [5, 5.41) is 2.14. The number of alkyl halides is 1. The molecule has 0 N–H and O–H groups in total. The van der Waals surface area contributed by atoms with Gasteiger partial charge in [-0.1, -0.05) is 45.2 Å². The maximum Gasteiger partial charge on any atom is 0.203 e. The van der Waals surface area contributed by atoms with Gasteiger partial charge in [0.15, 0.2) is 11.5 Å². The van der Waals surface area contributed by atoms with Crippen LogP contribution in [0.2, 0.25) is 10.0 Å². The van der Waals surface area contributed by atoms with Crippen LogP contribution in [-0.2, 0) is 12.0 Å². The van der Waals surface area contributed by atoms with Crippen LogP contribution < -0.4 is 14.2 Å². The van der Waals surface area contributed by atoms with Gasteiger partial charge in [0.05, 0.1) is 31.4 Å². The molecule has 2 aromatic carbocycles. The van der Waals surface area contributed by atoms with E-state index in [1.807, 2.05) is 24.3 Å². The van der Waals surface area contributed by atoms with Crippen molar-refractivity contribution in [3.05, 3.63) is 51.5 Å². The van der Waals surface area contributed by atoms with Crippen LogP contribution in [0.25, 0.3) is 0 Å². The van der Waals surface area contributed by atoms with Crippen molar-refractivity contribution in [1.29, 1.82) is 0 Å². The lowest BCUT2D eigenvalue weighted by Crippen LogP contribution is -2.31. The minimum Gasteiger partial charge on any atom is -0.493 e. The van der Waals surface area contributed by atoms with E-state index in [4.69, 9.17) is 37.4 Å². The van der Waals surface area contributed by atoms with Crippen LogP contribution >= 0.6 is 39.1 Å². The van der Waals surface area contributed by atoms with Crippen molar-refractivity contribution in [1.82, 2.24) is 4.90 Å². The molecule has 1 fully saturated rings. The molecule has 7 heteroatoms. The molecule has 4 nitrogen and oxygen atoms in total. The number of hydrogen-bond donors (Lipinski definition) is 0. The molecule has 158 valence electrons. The normalized spacial score (nSPS) is 19.4. The number of hydrogen-bond acceptors (Lipinski definition) is 4. The topological polar surface area (TPSA) is 30.9 Å². The van der Waals surface area contributed by atoms with Crippen LogP contribution in [0.15, 0.2) is 30.3 Å². The zero-order valence-electron chi connectivity index (χ0n) is 16.9. The molecular formula is C22H26BrCl2NO3. The highest BCUT2D eigenvalue weighted by molar-refractivity contribution is 9.09. The van der Waals surface area contributed by atoms with Gasteiger partial charge < -0.3 is 14.2 Å². The van der Waals surface area contributed by atoms with E-state index in [-0.39, 0.29) is 5.41 Å². The lowest BCUT2D eigenvalue weighted by molar-refractivity contribution is 0.295. The number of benzene rings is 2. The summed E-state index contributed by atoms with van der Waals surface area (Å²) in [6.07, 6.45) is 2.11. The SMILES string of the molecule is COc1cc(CN2CCC(CCBr)(c3ccc(Cl)c(Cl)c3)C2)cc(OC)c1OC. The highest BCUT2D eigenvalue weighted by atomic mass is 79.9. The van der Waals surface area contributed by atoms with E-state index in [1.54, 1.807) is 21.3 Å². The average molecular weight is 503 g/mol. The molecule has 29 heavy (non-hydrogen) atoms.